The van der Waals surface area contributed by atoms with Crippen LogP contribution in [0.15, 0.2) is 36.4 Å². The van der Waals surface area contributed by atoms with Crippen molar-refractivity contribution in [2.45, 2.75) is 13.0 Å². The lowest BCUT2D eigenvalue weighted by molar-refractivity contribution is -0.385. The summed E-state index contributed by atoms with van der Waals surface area (Å²) in [6.07, 6.45) is -1.04. The first-order chi connectivity index (χ1) is 11.5. The maximum Gasteiger partial charge on any atom is 0.311 e. The standard InChI is InChI=1S/C17H19NO6/c1-4-24-16-10-12(6-8-15(16)23-3)17(19)11-5-7-14(22-2)13(9-11)18(20)21/h5-10,17,19H,4H2,1-3H3. The molecule has 0 aromatic heterocycles. The number of ether oxygens (including phenoxy) is 3. The monoisotopic (exact) mass is 333 g/mol. The molecule has 0 saturated carbocycles. The van der Waals surface area contributed by atoms with E-state index in [2.05, 4.69) is 0 Å². The molecule has 0 aliphatic carbocycles. The number of nitrogens with zero attached hydrogens (tertiary/aromatic N) is 1. The molecular weight excluding hydrogens is 314 g/mol. The van der Waals surface area contributed by atoms with E-state index in [1.54, 1.807) is 24.3 Å². The van der Waals surface area contributed by atoms with Gasteiger partial charge in [-0.15, -0.1) is 0 Å². The number of benzene rings is 2. The van der Waals surface area contributed by atoms with Gasteiger partial charge in [0.1, 0.15) is 6.10 Å². The van der Waals surface area contributed by atoms with E-state index >= 15 is 0 Å². The van der Waals surface area contributed by atoms with Gasteiger partial charge in [0, 0.05) is 6.07 Å². The van der Waals surface area contributed by atoms with Gasteiger partial charge in [-0.2, -0.15) is 0 Å². The molecule has 0 fully saturated rings. The average Bonchev–Trinajstić information content (AvgIpc) is 2.60. The number of nitro benzene ring substituents is 1. The zero-order valence-electron chi connectivity index (χ0n) is 13.7. The number of aliphatic hydroxyl groups excluding tert-OH is 1. The number of hydrogen-bond donors (Lipinski definition) is 1. The maximum absolute atomic E-state index is 11.1. The Morgan fingerprint density at radius 2 is 1.62 bits per heavy atom. The van der Waals surface area contributed by atoms with Crippen LogP contribution in [0.2, 0.25) is 0 Å². The third-order valence-corrected chi connectivity index (χ3v) is 3.52. The topological polar surface area (TPSA) is 91.1 Å². The van der Waals surface area contributed by atoms with E-state index < -0.39 is 11.0 Å². The van der Waals surface area contributed by atoms with Gasteiger partial charge in [0.05, 0.1) is 25.7 Å². The molecule has 0 aliphatic heterocycles. The summed E-state index contributed by atoms with van der Waals surface area (Å²) in [5.41, 5.74) is 0.724. The Morgan fingerprint density at radius 3 is 2.17 bits per heavy atom. The Bertz CT molecular complexity index is 731. The fourth-order valence-electron chi connectivity index (χ4n) is 2.34. The van der Waals surface area contributed by atoms with Gasteiger partial charge in [-0.05, 0) is 36.2 Å². The lowest BCUT2D eigenvalue weighted by Crippen LogP contribution is -2.03. The minimum absolute atomic E-state index is 0.140. The van der Waals surface area contributed by atoms with Crippen LogP contribution in [0.3, 0.4) is 0 Å². The number of methoxy groups -OCH3 is 2. The molecule has 1 atom stereocenters. The highest BCUT2D eigenvalue weighted by atomic mass is 16.6. The molecule has 24 heavy (non-hydrogen) atoms. The zero-order valence-corrected chi connectivity index (χ0v) is 13.7. The van der Waals surface area contributed by atoms with Crippen LogP contribution in [0.1, 0.15) is 24.2 Å². The average molecular weight is 333 g/mol. The molecule has 2 rings (SSSR count). The molecule has 2 aromatic carbocycles. The summed E-state index contributed by atoms with van der Waals surface area (Å²) in [6, 6.07) is 9.37. The lowest BCUT2D eigenvalue weighted by atomic mass is 10.0. The van der Waals surface area contributed by atoms with Gasteiger partial charge in [-0.3, -0.25) is 10.1 Å². The molecule has 1 unspecified atom stereocenters. The summed E-state index contributed by atoms with van der Waals surface area (Å²) < 4.78 is 15.7. The molecule has 0 radical (unpaired) electrons. The molecule has 0 amide bonds. The second-order valence-electron chi connectivity index (χ2n) is 4.93. The van der Waals surface area contributed by atoms with E-state index in [9.17, 15) is 15.2 Å². The van der Waals surface area contributed by atoms with E-state index in [1.165, 1.54) is 26.4 Å². The van der Waals surface area contributed by atoms with E-state index in [0.717, 1.165) is 0 Å². The Hall–Kier alpha value is -2.80. The molecule has 0 bridgehead atoms. The van der Waals surface area contributed by atoms with Gasteiger partial charge in [0.2, 0.25) is 0 Å². The number of hydrogen-bond acceptors (Lipinski definition) is 6. The van der Waals surface area contributed by atoms with Gasteiger partial charge in [-0.1, -0.05) is 12.1 Å². The molecule has 0 spiro atoms. The SMILES string of the molecule is CCOc1cc(C(O)c2ccc(OC)c([N+](=O)[O-])c2)ccc1OC. The highest BCUT2D eigenvalue weighted by molar-refractivity contribution is 5.51. The summed E-state index contributed by atoms with van der Waals surface area (Å²) in [6.45, 7) is 2.29. The maximum atomic E-state index is 11.1. The van der Waals surface area contributed by atoms with Crippen LogP contribution in [-0.4, -0.2) is 30.9 Å². The van der Waals surface area contributed by atoms with Crippen LogP contribution < -0.4 is 14.2 Å². The van der Waals surface area contributed by atoms with Crippen LogP contribution >= 0.6 is 0 Å². The van der Waals surface area contributed by atoms with Crippen molar-refractivity contribution in [1.29, 1.82) is 0 Å². The smallest absolute Gasteiger partial charge is 0.311 e. The molecule has 0 aliphatic rings. The zero-order chi connectivity index (χ0) is 17.7. The van der Waals surface area contributed by atoms with Gasteiger partial charge >= 0.3 is 5.69 Å². The van der Waals surface area contributed by atoms with Crippen molar-refractivity contribution in [3.8, 4) is 17.2 Å². The fourth-order valence-corrected chi connectivity index (χ4v) is 2.34. The van der Waals surface area contributed by atoms with Crippen LogP contribution in [0.4, 0.5) is 5.69 Å². The van der Waals surface area contributed by atoms with Gasteiger partial charge < -0.3 is 19.3 Å². The number of nitro groups is 1. The first-order valence-corrected chi connectivity index (χ1v) is 7.33. The van der Waals surface area contributed by atoms with Crippen molar-refractivity contribution in [3.63, 3.8) is 0 Å². The molecular formula is C17H19NO6. The van der Waals surface area contributed by atoms with Gasteiger partial charge in [-0.25, -0.2) is 0 Å². The quantitative estimate of drug-likeness (QED) is 0.618. The van der Waals surface area contributed by atoms with Crippen molar-refractivity contribution >= 4 is 5.69 Å². The van der Waals surface area contributed by atoms with Crippen molar-refractivity contribution in [1.82, 2.24) is 0 Å². The Kier molecular flexibility index (Phi) is 5.59. The first-order valence-electron chi connectivity index (χ1n) is 7.33. The van der Waals surface area contributed by atoms with Gasteiger partial charge in [0.15, 0.2) is 17.2 Å². The Labute approximate surface area is 139 Å². The highest BCUT2D eigenvalue weighted by Gasteiger charge is 2.20. The molecule has 2 aromatic rings. The molecule has 1 N–H and O–H groups in total. The third-order valence-electron chi connectivity index (χ3n) is 3.52. The molecule has 7 nitrogen and oxygen atoms in total. The van der Waals surface area contributed by atoms with Crippen LogP contribution in [0.5, 0.6) is 17.2 Å². The van der Waals surface area contributed by atoms with E-state index in [4.69, 9.17) is 14.2 Å². The second kappa shape index (κ2) is 7.65. The Balaban J connectivity index is 2.41. The summed E-state index contributed by atoms with van der Waals surface area (Å²) in [5, 5.41) is 21.7. The van der Waals surface area contributed by atoms with Crippen molar-refractivity contribution in [2.75, 3.05) is 20.8 Å². The van der Waals surface area contributed by atoms with Crippen LogP contribution in [0, 0.1) is 10.1 Å². The largest absolute Gasteiger partial charge is 0.493 e. The fraction of sp³-hybridized carbons (Fsp3) is 0.294. The van der Waals surface area contributed by atoms with E-state index in [1.807, 2.05) is 6.92 Å². The normalized spacial score (nSPS) is 11.7. The third kappa shape index (κ3) is 3.57. The van der Waals surface area contributed by atoms with E-state index in [0.29, 0.717) is 29.2 Å². The number of aliphatic hydroxyl groups is 1. The molecule has 0 saturated heterocycles. The molecule has 0 heterocycles. The summed E-state index contributed by atoms with van der Waals surface area (Å²) >= 11 is 0. The highest BCUT2D eigenvalue weighted by Crippen LogP contribution is 2.35. The molecule has 128 valence electrons. The first kappa shape index (κ1) is 17.6. The predicted octanol–water partition coefficient (Wildman–Crippen LogP) is 3.09. The number of rotatable bonds is 7. The summed E-state index contributed by atoms with van der Waals surface area (Å²) in [5.74, 6) is 1.19. The minimum atomic E-state index is -1.04. The van der Waals surface area contributed by atoms with Crippen molar-refractivity contribution < 1.29 is 24.2 Å². The van der Waals surface area contributed by atoms with Crippen molar-refractivity contribution in [3.05, 3.63) is 57.6 Å². The minimum Gasteiger partial charge on any atom is -0.493 e. The Morgan fingerprint density at radius 1 is 1.04 bits per heavy atom. The second-order valence-corrected chi connectivity index (χ2v) is 4.93. The van der Waals surface area contributed by atoms with Crippen molar-refractivity contribution in [2.24, 2.45) is 0 Å². The van der Waals surface area contributed by atoms with Crippen LogP contribution in [-0.2, 0) is 0 Å². The van der Waals surface area contributed by atoms with Gasteiger partial charge in [0.25, 0.3) is 0 Å². The molecule has 7 heteroatoms. The summed E-state index contributed by atoms with van der Waals surface area (Å²) in [7, 11) is 2.89. The predicted molar refractivity (Wildman–Crippen MR) is 87.9 cm³/mol. The lowest BCUT2D eigenvalue weighted by Gasteiger charge is -2.15. The summed E-state index contributed by atoms with van der Waals surface area (Å²) in [4.78, 5) is 10.6. The van der Waals surface area contributed by atoms with E-state index in [-0.39, 0.29) is 11.4 Å². The van der Waals surface area contributed by atoms with Crippen LogP contribution in [0.25, 0.3) is 0 Å².